The van der Waals surface area contributed by atoms with Crippen LogP contribution in [-0.2, 0) is 15.8 Å². The number of hydrogen-bond donors (Lipinski definition) is 2. The van der Waals surface area contributed by atoms with Crippen LogP contribution in [0, 0.1) is 5.92 Å². The number of alkyl halides is 3. The molecule has 2 N–H and O–H groups in total. The summed E-state index contributed by atoms with van der Waals surface area (Å²) in [6, 6.07) is 3.22. The van der Waals surface area contributed by atoms with Gasteiger partial charge in [-0.15, -0.1) is 0 Å². The van der Waals surface area contributed by atoms with Gasteiger partial charge in [-0.3, -0.25) is 4.79 Å². The number of carbonyl (C=O) groups is 2. The fourth-order valence-electron chi connectivity index (χ4n) is 2.80. The lowest BCUT2D eigenvalue weighted by molar-refractivity contribution is -0.137. The molecule has 142 valence electrons. The Kier molecular flexibility index (Phi) is 5.94. The molecule has 1 aromatic carbocycles. The van der Waals surface area contributed by atoms with Gasteiger partial charge in [-0.1, -0.05) is 13.5 Å². The number of benzene rings is 1. The van der Waals surface area contributed by atoms with Crippen LogP contribution in [0.3, 0.4) is 0 Å². The first-order chi connectivity index (χ1) is 12.1. The minimum atomic E-state index is -4.54. The largest absolute Gasteiger partial charge is 0.478 e. The minimum absolute atomic E-state index is 0.0255. The Morgan fingerprint density at radius 1 is 1.31 bits per heavy atom. The molecule has 0 unspecified atom stereocenters. The van der Waals surface area contributed by atoms with E-state index in [4.69, 9.17) is 5.11 Å². The van der Waals surface area contributed by atoms with Gasteiger partial charge in [-0.05, 0) is 37.0 Å². The topological polar surface area (TPSA) is 69.6 Å². The summed E-state index contributed by atoms with van der Waals surface area (Å²) in [5.74, 6) is -1.50. The van der Waals surface area contributed by atoms with Crippen molar-refractivity contribution in [3.8, 4) is 0 Å². The van der Waals surface area contributed by atoms with Crippen molar-refractivity contribution in [2.75, 3.05) is 23.3 Å². The molecule has 1 aliphatic heterocycles. The third-order valence-electron chi connectivity index (χ3n) is 4.40. The molecular weight excluding hydrogens is 349 g/mol. The zero-order chi connectivity index (χ0) is 19.5. The maximum atomic E-state index is 13.0. The summed E-state index contributed by atoms with van der Waals surface area (Å²) in [6.07, 6.45) is -3.23. The molecule has 0 atom stereocenters. The summed E-state index contributed by atoms with van der Waals surface area (Å²) < 4.78 is 39.1. The van der Waals surface area contributed by atoms with Gasteiger partial charge in [-0.2, -0.15) is 13.2 Å². The molecule has 0 spiro atoms. The van der Waals surface area contributed by atoms with Crippen molar-refractivity contribution in [3.63, 3.8) is 0 Å². The number of rotatable bonds is 5. The van der Waals surface area contributed by atoms with E-state index in [1.54, 1.807) is 0 Å². The highest BCUT2D eigenvalue weighted by Gasteiger charge is 2.32. The number of nitrogens with zero attached hydrogens (tertiary/aromatic N) is 1. The van der Waals surface area contributed by atoms with Crippen LogP contribution in [0.1, 0.15) is 31.7 Å². The van der Waals surface area contributed by atoms with Crippen molar-refractivity contribution in [1.82, 2.24) is 0 Å². The molecule has 1 amide bonds. The molecule has 0 aliphatic carbocycles. The van der Waals surface area contributed by atoms with Crippen LogP contribution < -0.4 is 10.2 Å². The monoisotopic (exact) mass is 370 g/mol. The number of anilines is 2. The number of nitrogens with one attached hydrogen (secondary N) is 1. The summed E-state index contributed by atoms with van der Waals surface area (Å²) in [4.78, 5) is 24.8. The average Bonchev–Trinajstić information content (AvgIpc) is 2.54. The number of aliphatic carboxylic acids is 1. The van der Waals surface area contributed by atoms with E-state index in [1.165, 1.54) is 6.07 Å². The molecule has 1 aromatic rings. The molecule has 0 radical (unpaired) electrons. The SMILES string of the molecule is C=C(CC(=O)Nc1cc(C(F)(F)F)ccc1N1CCC(C)CC1)C(=O)O. The number of hydrogen-bond acceptors (Lipinski definition) is 3. The molecule has 0 aromatic heterocycles. The van der Waals surface area contributed by atoms with Crippen LogP contribution in [0.25, 0.3) is 0 Å². The molecule has 1 heterocycles. The van der Waals surface area contributed by atoms with Crippen molar-refractivity contribution in [2.45, 2.75) is 32.4 Å². The molecule has 1 fully saturated rings. The summed E-state index contributed by atoms with van der Waals surface area (Å²) in [7, 11) is 0. The lowest BCUT2D eigenvalue weighted by atomic mass is 9.98. The Balaban J connectivity index is 2.28. The Labute approximate surface area is 149 Å². The van der Waals surface area contributed by atoms with Crippen molar-refractivity contribution in [3.05, 3.63) is 35.9 Å². The van der Waals surface area contributed by atoms with Gasteiger partial charge >= 0.3 is 12.1 Å². The fraction of sp³-hybridized carbons (Fsp3) is 0.444. The fourth-order valence-corrected chi connectivity index (χ4v) is 2.80. The van der Waals surface area contributed by atoms with Gasteiger partial charge in [0.1, 0.15) is 0 Å². The zero-order valence-electron chi connectivity index (χ0n) is 14.4. The average molecular weight is 370 g/mol. The van der Waals surface area contributed by atoms with Crippen molar-refractivity contribution in [1.29, 1.82) is 0 Å². The lowest BCUT2D eigenvalue weighted by Gasteiger charge is -2.33. The smallest absolute Gasteiger partial charge is 0.416 e. The zero-order valence-corrected chi connectivity index (χ0v) is 14.4. The van der Waals surface area contributed by atoms with Crippen LogP contribution in [-0.4, -0.2) is 30.1 Å². The number of carbonyl (C=O) groups excluding carboxylic acids is 1. The van der Waals surface area contributed by atoms with E-state index in [1.807, 2.05) is 4.90 Å². The first-order valence-corrected chi connectivity index (χ1v) is 8.25. The van der Waals surface area contributed by atoms with Crippen LogP contribution in [0.15, 0.2) is 30.4 Å². The highest BCUT2D eigenvalue weighted by atomic mass is 19.4. The van der Waals surface area contributed by atoms with E-state index in [9.17, 15) is 22.8 Å². The van der Waals surface area contributed by atoms with Crippen molar-refractivity contribution >= 4 is 23.3 Å². The Bertz CT molecular complexity index is 708. The molecule has 1 saturated heterocycles. The molecular formula is C18H21F3N2O3. The number of amides is 1. The van der Waals surface area contributed by atoms with Gasteiger partial charge in [0.2, 0.25) is 5.91 Å². The van der Waals surface area contributed by atoms with Crippen LogP contribution in [0.5, 0.6) is 0 Å². The molecule has 26 heavy (non-hydrogen) atoms. The molecule has 0 bridgehead atoms. The maximum Gasteiger partial charge on any atom is 0.416 e. The van der Waals surface area contributed by atoms with Gasteiger partial charge in [0.25, 0.3) is 0 Å². The predicted octanol–water partition coefficient (Wildman–Crippen LogP) is 3.91. The van der Waals surface area contributed by atoms with E-state index in [-0.39, 0.29) is 11.3 Å². The summed E-state index contributed by atoms with van der Waals surface area (Å²) in [6.45, 7) is 6.73. The summed E-state index contributed by atoms with van der Waals surface area (Å²) >= 11 is 0. The molecule has 0 saturated carbocycles. The summed E-state index contributed by atoms with van der Waals surface area (Å²) in [5, 5.41) is 11.2. The molecule has 8 heteroatoms. The second-order valence-corrected chi connectivity index (χ2v) is 6.53. The van der Waals surface area contributed by atoms with Crippen LogP contribution in [0.2, 0.25) is 0 Å². The highest BCUT2D eigenvalue weighted by Crippen LogP contribution is 2.36. The number of carboxylic acid groups (broad SMARTS) is 1. The quantitative estimate of drug-likeness (QED) is 0.771. The minimum Gasteiger partial charge on any atom is -0.478 e. The molecule has 2 rings (SSSR count). The number of piperidine rings is 1. The normalized spacial score (nSPS) is 15.6. The van der Waals surface area contributed by atoms with E-state index in [0.717, 1.165) is 25.0 Å². The van der Waals surface area contributed by atoms with E-state index >= 15 is 0 Å². The van der Waals surface area contributed by atoms with E-state index in [2.05, 4.69) is 18.8 Å². The highest BCUT2D eigenvalue weighted by molar-refractivity contribution is 6.00. The lowest BCUT2D eigenvalue weighted by Crippen LogP contribution is -2.33. The standard InChI is InChI=1S/C18H21F3N2O3/c1-11-5-7-23(8-6-11)15-4-3-13(18(19,20)21)10-14(15)22-16(24)9-12(2)17(25)26/h3-4,10-11H,2,5-9H2,1H3,(H,22,24)(H,25,26). The van der Waals surface area contributed by atoms with E-state index in [0.29, 0.717) is 24.7 Å². The van der Waals surface area contributed by atoms with Gasteiger partial charge < -0.3 is 15.3 Å². The Morgan fingerprint density at radius 3 is 2.46 bits per heavy atom. The third-order valence-corrected chi connectivity index (χ3v) is 4.40. The van der Waals surface area contributed by atoms with Crippen molar-refractivity contribution in [2.24, 2.45) is 5.92 Å². The molecule has 1 aliphatic rings. The maximum absolute atomic E-state index is 13.0. The first-order valence-electron chi connectivity index (χ1n) is 8.25. The third kappa shape index (κ3) is 5.00. The van der Waals surface area contributed by atoms with Gasteiger partial charge in [-0.25, -0.2) is 4.79 Å². The van der Waals surface area contributed by atoms with Crippen LogP contribution >= 0.6 is 0 Å². The summed E-state index contributed by atoms with van der Waals surface area (Å²) in [5.41, 5.74) is -0.682. The van der Waals surface area contributed by atoms with Crippen molar-refractivity contribution < 1.29 is 27.9 Å². The number of halogens is 3. The van der Waals surface area contributed by atoms with Gasteiger partial charge in [0.15, 0.2) is 0 Å². The molecule has 5 nitrogen and oxygen atoms in total. The second kappa shape index (κ2) is 7.80. The first kappa shape index (κ1) is 19.8. The predicted molar refractivity (Wildman–Crippen MR) is 92.1 cm³/mol. The number of carboxylic acids is 1. The Morgan fingerprint density at radius 2 is 1.92 bits per heavy atom. The Hall–Kier alpha value is -2.51. The van der Waals surface area contributed by atoms with Crippen LogP contribution in [0.4, 0.5) is 24.5 Å². The van der Waals surface area contributed by atoms with E-state index < -0.39 is 30.0 Å². The second-order valence-electron chi connectivity index (χ2n) is 6.53. The van der Waals surface area contributed by atoms with Gasteiger partial charge in [0.05, 0.1) is 23.4 Å². The van der Waals surface area contributed by atoms with Gasteiger partial charge in [0, 0.05) is 18.7 Å².